The molecule has 0 spiro atoms. The van der Waals surface area contributed by atoms with E-state index in [-0.39, 0.29) is 18.1 Å². The minimum atomic E-state index is -1.11. The lowest BCUT2D eigenvalue weighted by atomic mass is 9.77. The van der Waals surface area contributed by atoms with Gasteiger partial charge >= 0.3 is 0 Å². The topological polar surface area (TPSA) is 90.6 Å². The summed E-state index contributed by atoms with van der Waals surface area (Å²) in [5.74, 6) is -2.15. The summed E-state index contributed by atoms with van der Waals surface area (Å²) in [6, 6.07) is 8.50. The van der Waals surface area contributed by atoms with Crippen LogP contribution in [0.2, 0.25) is 0 Å². The third kappa shape index (κ3) is 1.39. The number of fused-ring (bicyclic) bond motifs is 5. The van der Waals surface area contributed by atoms with Crippen LogP contribution in [0.1, 0.15) is 5.56 Å². The van der Waals surface area contributed by atoms with Gasteiger partial charge in [0.25, 0.3) is 0 Å². The van der Waals surface area contributed by atoms with Crippen LogP contribution >= 0.6 is 0 Å². The van der Waals surface area contributed by atoms with Crippen molar-refractivity contribution in [1.29, 1.82) is 5.26 Å². The number of benzene rings is 1. The first kappa shape index (κ1) is 13.2. The summed E-state index contributed by atoms with van der Waals surface area (Å²) in [5.41, 5.74) is -0.552. The second kappa shape index (κ2) is 4.26. The van der Waals surface area contributed by atoms with Gasteiger partial charge in [-0.1, -0.05) is 24.3 Å². The number of carbonyl (C=O) groups excluding carboxylic acids is 2. The number of carbonyl (C=O) groups is 2. The standard InChI is InChI=1S/C16H12N2O4/c17-7-9-3-1-2-4-10(9)18-14(20)12-11-5-6-16(8-19,22-11)13(12)15(18)21/h1-6,11-13,19H,8H2. The van der Waals surface area contributed by atoms with Crippen LogP contribution < -0.4 is 4.90 Å². The molecule has 0 aromatic heterocycles. The van der Waals surface area contributed by atoms with Gasteiger partial charge < -0.3 is 9.84 Å². The lowest BCUT2D eigenvalue weighted by Gasteiger charge is -2.26. The predicted molar refractivity (Wildman–Crippen MR) is 74.5 cm³/mol. The van der Waals surface area contributed by atoms with Gasteiger partial charge in [-0.25, -0.2) is 4.90 Å². The fourth-order valence-electron chi connectivity index (χ4n) is 3.68. The molecule has 6 nitrogen and oxygen atoms in total. The average molecular weight is 296 g/mol. The number of aliphatic hydroxyl groups excluding tert-OH is 1. The van der Waals surface area contributed by atoms with E-state index in [1.165, 1.54) is 0 Å². The highest BCUT2D eigenvalue weighted by molar-refractivity contribution is 6.23. The fourth-order valence-corrected chi connectivity index (χ4v) is 3.68. The molecular weight excluding hydrogens is 284 g/mol. The Hall–Kier alpha value is -2.49. The molecule has 4 atom stereocenters. The van der Waals surface area contributed by atoms with Crippen LogP contribution in [0, 0.1) is 23.2 Å². The Labute approximate surface area is 126 Å². The van der Waals surface area contributed by atoms with Crippen molar-refractivity contribution in [3.8, 4) is 6.07 Å². The van der Waals surface area contributed by atoms with Crippen molar-refractivity contribution >= 4 is 17.5 Å². The smallest absolute Gasteiger partial charge is 0.241 e. The maximum Gasteiger partial charge on any atom is 0.241 e. The Morgan fingerprint density at radius 3 is 2.82 bits per heavy atom. The first-order valence-corrected chi connectivity index (χ1v) is 6.98. The molecule has 3 heterocycles. The maximum atomic E-state index is 12.8. The molecule has 2 amide bonds. The molecule has 2 saturated heterocycles. The largest absolute Gasteiger partial charge is 0.393 e. The van der Waals surface area contributed by atoms with Gasteiger partial charge in [0.2, 0.25) is 11.8 Å². The number of rotatable bonds is 2. The van der Waals surface area contributed by atoms with Crippen molar-refractivity contribution in [2.24, 2.45) is 11.8 Å². The van der Waals surface area contributed by atoms with E-state index in [1.807, 2.05) is 6.07 Å². The molecule has 4 unspecified atom stereocenters. The highest BCUT2D eigenvalue weighted by atomic mass is 16.5. The second-order valence-corrected chi connectivity index (χ2v) is 5.70. The van der Waals surface area contributed by atoms with Crippen molar-refractivity contribution in [3.05, 3.63) is 42.0 Å². The molecule has 110 valence electrons. The normalized spacial score (nSPS) is 35.1. The molecule has 0 aliphatic carbocycles. The van der Waals surface area contributed by atoms with E-state index in [0.717, 1.165) is 4.90 Å². The quantitative estimate of drug-likeness (QED) is 0.628. The third-order valence-corrected chi connectivity index (χ3v) is 4.67. The summed E-state index contributed by atoms with van der Waals surface area (Å²) in [7, 11) is 0. The molecule has 0 saturated carbocycles. The number of amides is 2. The zero-order valence-corrected chi connectivity index (χ0v) is 11.5. The molecule has 6 heteroatoms. The molecule has 1 aromatic carbocycles. The van der Waals surface area contributed by atoms with Gasteiger partial charge in [0.15, 0.2) is 0 Å². The van der Waals surface area contributed by atoms with E-state index in [0.29, 0.717) is 5.69 Å². The van der Waals surface area contributed by atoms with Crippen LogP contribution in [-0.4, -0.2) is 35.2 Å². The van der Waals surface area contributed by atoms with Crippen LogP contribution in [0.4, 0.5) is 5.69 Å². The first-order chi connectivity index (χ1) is 10.6. The third-order valence-electron chi connectivity index (χ3n) is 4.67. The first-order valence-electron chi connectivity index (χ1n) is 6.98. The summed E-state index contributed by atoms with van der Waals surface area (Å²) >= 11 is 0. The van der Waals surface area contributed by atoms with Gasteiger partial charge in [0.1, 0.15) is 11.7 Å². The molecular formula is C16H12N2O4. The van der Waals surface area contributed by atoms with Crippen molar-refractivity contribution in [1.82, 2.24) is 0 Å². The number of anilines is 1. The van der Waals surface area contributed by atoms with E-state index in [4.69, 9.17) is 4.74 Å². The zero-order valence-electron chi connectivity index (χ0n) is 11.5. The highest BCUT2D eigenvalue weighted by Gasteiger charge is 2.67. The molecule has 2 fully saturated rings. The van der Waals surface area contributed by atoms with Crippen LogP contribution in [-0.2, 0) is 14.3 Å². The lowest BCUT2D eigenvalue weighted by Crippen LogP contribution is -2.43. The zero-order chi connectivity index (χ0) is 15.5. The fraction of sp³-hybridized carbons (Fsp3) is 0.312. The van der Waals surface area contributed by atoms with Gasteiger partial charge in [-0.3, -0.25) is 9.59 Å². The molecule has 3 aliphatic heterocycles. The number of ether oxygens (including phenoxy) is 1. The van der Waals surface area contributed by atoms with Crippen LogP contribution in [0.3, 0.4) is 0 Å². The number of imide groups is 1. The van der Waals surface area contributed by atoms with E-state index in [2.05, 4.69) is 0 Å². The number of nitrogens with zero attached hydrogens (tertiary/aromatic N) is 2. The molecule has 1 aromatic rings. The van der Waals surface area contributed by atoms with E-state index < -0.39 is 29.4 Å². The molecule has 4 rings (SSSR count). The summed E-state index contributed by atoms with van der Waals surface area (Å²) in [5, 5.41) is 18.8. The Morgan fingerprint density at radius 2 is 2.09 bits per heavy atom. The van der Waals surface area contributed by atoms with Crippen LogP contribution in [0.25, 0.3) is 0 Å². The summed E-state index contributed by atoms with van der Waals surface area (Å²) < 4.78 is 5.66. The lowest BCUT2D eigenvalue weighted by molar-refractivity contribution is -0.128. The van der Waals surface area contributed by atoms with E-state index in [9.17, 15) is 20.0 Å². The number of aliphatic hydroxyl groups is 1. The maximum absolute atomic E-state index is 12.8. The Bertz CT molecular complexity index is 766. The summed E-state index contributed by atoms with van der Waals surface area (Å²) in [4.78, 5) is 26.6. The molecule has 2 bridgehead atoms. The number of hydrogen-bond acceptors (Lipinski definition) is 5. The van der Waals surface area contributed by atoms with Gasteiger partial charge in [-0.2, -0.15) is 5.26 Å². The van der Waals surface area contributed by atoms with E-state index >= 15 is 0 Å². The van der Waals surface area contributed by atoms with Gasteiger partial charge in [-0.05, 0) is 12.1 Å². The molecule has 1 N–H and O–H groups in total. The second-order valence-electron chi connectivity index (χ2n) is 5.70. The molecule has 0 radical (unpaired) electrons. The van der Waals surface area contributed by atoms with E-state index in [1.54, 1.807) is 36.4 Å². The minimum Gasteiger partial charge on any atom is -0.393 e. The van der Waals surface area contributed by atoms with Gasteiger partial charge in [0, 0.05) is 0 Å². The van der Waals surface area contributed by atoms with Crippen molar-refractivity contribution in [3.63, 3.8) is 0 Å². The Morgan fingerprint density at radius 1 is 1.32 bits per heavy atom. The average Bonchev–Trinajstić information content (AvgIpc) is 3.18. The molecule has 3 aliphatic rings. The summed E-state index contributed by atoms with van der Waals surface area (Å²) in [6.45, 7) is -0.353. The molecule has 22 heavy (non-hydrogen) atoms. The minimum absolute atomic E-state index is 0.267. The van der Waals surface area contributed by atoms with Crippen LogP contribution in [0.15, 0.2) is 36.4 Å². The van der Waals surface area contributed by atoms with Crippen molar-refractivity contribution in [2.75, 3.05) is 11.5 Å². The summed E-state index contributed by atoms with van der Waals surface area (Å²) in [6.07, 6.45) is 2.90. The van der Waals surface area contributed by atoms with Crippen molar-refractivity contribution in [2.45, 2.75) is 11.7 Å². The monoisotopic (exact) mass is 296 g/mol. The Balaban J connectivity index is 1.82. The number of nitriles is 1. The number of para-hydroxylation sites is 1. The SMILES string of the molecule is N#Cc1ccccc1N1C(=O)C2C3C=CC(CO)(O3)C2C1=O. The highest BCUT2D eigenvalue weighted by Crippen LogP contribution is 2.52. The van der Waals surface area contributed by atoms with Gasteiger partial charge in [0.05, 0.1) is 35.8 Å². The van der Waals surface area contributed by atoms with Crippen molar-refractivity contribution < 1.29 is 19.4 Å². The van der Waals surface area contributed by atoms with Crippen LogP contribution in [0.5, 0.6) is 0 Å². The predicted octanol–water partition coefficient (Wildman–Crippen LogP) is 0.364. The van der Waals surface area contributed by atoms with Gasteiger partial charge in [-0.15, -0.1) is 0 Å². The number of hydrogen-bond donors (Lipinski definition) is 1. The Kier molecular flexibility index (Phi) is 2.55.